The Morgan fingerprint density at radius 1 is 1.32 bits per heavy atom. The number of benzene rings is 1. The van der Waals surface area contributed by atoms with Crippen LogP contribution in [0.15, 0.2) is 22.6 Å². The van der Waals surface area contributed by atoms with Crippen LogP contribution in [0.1, 0.15) is 16.2 Å². The Morgan fingerprint density at radius 2 is 2.05 bits per heavy atom. The summed E-state index contributed by atoms with van der Waals surface area (Å²) in [4.78, 5) is 10.8. The second-order valence-electron chi connectivity index (χ2n) is 3.48. The molecule has 0 saturated heterocycles. The van der Waals surface area contributed by atoms with Gasteiger partial charge in [0.2, 0.25) is 5.89 Å². The lowest BCUT2D eigenvalue weighted by atomic mass is 10.1. The summed E-state index contributed by atoms with van der Waals surface area (Å²) in [6, 6.07) is 4.15. The quantitative estimate of drug-likeness (QED) is 0.803. The molecule has 100 valence electrons. The number of hydrogen-bond donors (Lipinski definition) is 0. The smallest absolute Gasteiger partial charge is 0.470 e. The molecule has 0 atom stereocenters. The predicted octanol–water partition coefficient (Wildman–Crippen LogP) is 2.58. The van der Waals surface area contributed by atoms with Crippen LogP contribution in [0.25, 0.3) is 11.5 Å². The third-order valence-electron chi connectivity index (χ3n) is 2.27. The molecule has 0 saturated carbocycles. The van der Waals surface area contributed by atoms with E-state index < -0.39 is 12.1 Å². The van der Waals surface area contributed by atoms with Crippen molar-refractivity contribution in [2.75, 3.05) is 7.11 Å². The first-order chi connectivity index (χ1) is 8.95. The van der Waals surface area contributed by atoms with Crippen LogP contribution in [0.2, 0.25) is 0 Å². The molecule has 5 nitrogen and oxygen atoms in total. The fraction of sp³-hybridized carbons (Fsp3) is 0.182. The first-order valence-corrected chi connectivity index (χ1v) is 5.00. The summed E-state index contributed by atoms with van der Waals surface area (Å²) in [7, 11) is 1.37. The van der Waals surface area contributed by atoms with Gasteiger partial charge < -0.3 is 9.15 Å². The Morgan fingerprint density at radius 3 is 2.58 bits per heavy atom. The molecule has 0 spiro atoms. The molecule has 0 unspecified atom stereocenters. The fourth-order valence-electron chi connectivity index (χ4n) is 1.41. The van der Waals surface area contributed by atoms with Gasteiger partial charge in [0.1, 0.15) is 5.75 Å². The lowest BCUT2D eigenvalue weighted by molar-refractivity contribution is -0.156. The first-order valence-electron chi connectivity index (χ1n) is 5.00. The van der Waals surface area contributed by atoms with Gasteiger partial charge in [-0.2, -0.15) is 13.2 Å². The molecule has 0 aliphatic heterocycles. The molecule has 0 aliphatic rings. The fourth-order valence-corrected chi connectivity index (χ4v) is 1.41. The maximum Gasteiger partial charge on any atom is 0.470 e. The van der Waals surface area contributed by atoms with Gasteiger partial charge in [-0.1, -0.05) is 0 Å². The van der Waals surface area contributed by atoms with Crippen molar-refractivity contribution < 1.29 is 27.1 Å². The SMILES string of the molecule is COc1ccc(-c2nnc(C(F)(F)F)o2)cc1C=O. The van der Waals surface area contributed by atoms with E-state index in [1.165, 1.54) is 25.3 Å². The van der Waals surface area contributed by atoms with E-state index in [-0.39, 0.29) is 17.0 Å². The highest BCUT2D eigenvalue weighted by atomic mass is 19.4. The second-order valence-corrected chi connectivity index (χ2v) is 3.48. The van der Waals surface area contributed by atoms with Gasteiger partial charge in [0.05, 0.1) is 12.7 Å². The molecule has 0 N–H and O–H groups in total. The zero-order valence-electron chi connectivity index (χ0n) is 9.56. The Hall–Kier alpha value is -2.38. The van der Waals surface area contributed by atoms with Crippen molar-refractivity contribution in [3.05, 3.63) is 29.7 Å². The van der Waals surface area contributed by atoms with E-state index in [1.807, 2.05) is 0 Å². The molecule has 0 aliphatic carbocycles. The minimum Gasteiger partial charge on any atom is -0.496 e. The van der Waals surface area contributed by atoms with Crippen LogP contribution in [-0.2, 0) is 6.18 Å². The molecule has 1 aromatic heterocycles. The molecule has 0 amide bonds. The van der Waals surface area contributed by atoms with Gasteiger partial charge in [0.25, 0.3) is 0 Å². The van der Waals surface area contributed by atoms with Gasteiger partial charge >= 0.3 is 12.1 Å². The summed E-state index contributed by atoms with van der Waals surface area (Å²) in [5, 5.41) is 6.19. The highest BCUT2D eigenvalue weighted by Gasteiger charge is 2.38. The van der Waals surface area contributed by atoms with Crippen LogP contribution in [0.3, 0.4) is 0 Å². The predicted molar refractivity (Wildman–Crippen MR) is 56.7 cm³/mol. The summed E-state index contributed by atoms with van der Waals surface area (Å²) in [5.41, 5.74) is 0.373. The van der Waals surface area contributed by atoms with Crippen LogP contribution in [0.4, 0.5) is 13.2 Å². The Labute approximate surface area is 105 Å². The van der Waals surface area contributed by atoms with E-state index >= 15 is 0 Å². The topological polar surface area (TPSA) is 65.2 Å². The van der Waals surface area contributed by atoms with Crippen molar-refractivity contribution in [3.8, 4) is 17.2 Å². The molecule has 8 heteroatoms. The number of ether oxygens (including phenoxy) is 1. The minimum atomic E-state index is -4.70. The molecule has 19 heavy (non-hydrogen) atoms. The van der Waals surface area contributed by atoms with Crippen molar-refractivity contribution in [1.29, 1.82) is 0 Å². The third-order valence-corrected chi connectivity index (χ3v) is 2.27. The average Bonchev–Trinajstić information content (AvgIpc) is 2.87. The number of nitrogens with zero attached hydrogens (tertiary/aromatic N) is 2. The average molecular weight is 272 g/mol. The summed E-state index contributed by atoms with van der Waals surface area (Å²) < 4.78 is 46.3. The molecule has 1 aromatic carbocycles. The molecule has 1 heterocycles. The number of methoxy groups -OCH3 is 1. The van der Waals surface area contributed by atoms with Gasteiger partial charge in [0, 0.05) is 5.56 Å². The van der Waals surface area contributed by atoms with Crippen LogP contribution in [0.5, 0.6) is 5.75 Å². The Kier molecular flexibility index (Phi) is 3.24. The monoisotopic (exact) mass is 272 g/mol. The van der Waals surface area contributed by atoms with E-state index in [2.05, 4.69) is 14.6 Å². The highest BCUT2D eigenvalue weighted by molar-refractivity contribution is 5.81. The van der Waals surface area contributed by atoms with E-state index in [4.69, 9.17) is 4.74 Å². The molecule has 0 radical (unpaired) electrons. The maximum absolute atomic E-state index is 12.3. The molecule has 0 fully saturated rings. The van der Waals surface area contributed by atoms with E-state index in [0.29, 0.717) is 12.0 Å². The van der Waals surface area contributed by atoms with Crippen LogP contribution in [0, 0.1) is 0 Å². The summed E-state index contributed by atoms with van der Waals surface area (Å²) in [6.07, 6.45) is -4.19. The standard InChI is InChI=1S/C11H7F3N2O3/c1-18-8-3-2-6(4-7(8)5-17)9-15-16-10(19-9)11(12,13)14/h2-5H,1H3. The van der Waals surface area contributed by atoms with E-state index in [9.17, 15) is 18.0 Å². The minimum absolute atomic E-state index is 0.173. The second kappa shape index (κ2) is 4.71. The molecule has 2 rings (SSSR count). The van der Waals surface area contributed by atoms with Crippen molar-refractivity contribution in [1.82, 2.24) is 10.2 Å². The number of carbonyl (C=O) groups is 1. The van der Waals surface area contributed by atoms with Crippen molar-refractivity contribution in [2.24, 2.45) is 0 Å². The van der Waals surface area contributed by atoms with E-state index in [0.717, 1.165) is 0 Å². The van der Waals surface area contributed by atoms with Gasteiger partial charge in [-0.25, -0.2) is 0 Å². The number of aromatic nitrogens is 2. The maximum atomic E-state index is 12.3. The number of hydrogen-bond acceptors (Lipinski definition) is 5. The zero-order chi connectivity index (χ0) is 14.0. The molecular formula is C11H7F3N2O3. The third kappa shape index (κ3) is 2.56. The molecule has 0 bridgehead atoms. The molecular weight excluding hydrogens is 265 g/mol. The summed E-state index contributed by atoms with van der Waals surface area (Å²) >= 11 is 0. The molecule has 2 aromatic rings. The van der Waals surface area contributed by atoms with Gasteiger partial charge in [0.15, 0.2) is 6.29 Å². The Bertz CT molecular complexity index is 607. The normalized spacial score (nSPS) is 11.4. The zero-order valence-corrected chi connectivity index (χ0v) is 9.56. The number of carbonyl (C=O) groups excluding carboxylic acids is 1. The number of aldehydes is 1. The summed E-state index contributed by atoms with van der Waals surface area (Å²) in [6.45, 7) is 0. The van der Waals surface area contributed by atoms with E-state index in [1.54, 1.807) is 0 Å². The van der Waals surface area contributed by atoms with Gasteiger partial charge in [-0.05, 0) is 18.2 Å². The van der Waals surface area contributed by atoms with Gasteiger partial charge in [-0.3, -0.25) is 4.79 Å². The first kappa shape index (κ1) is 13.1. The lowest BCUT2D eigenvalue weighted by Gasteiger charge is -2.04. The van der Waals surface area contributed by atoms with Crippen molar-refractivity contribution in [2.45, 2.75) is 6.18 Å². The summed E-state index contributed by atoms with van der Waals surface area (Å²) in [5.74, 6) is -1.46. The number of rotatable bonds is 3. The van der Waals surface area contributed by atoms with Crippen molar-refractivity contribution in [3.63, 3.8) is 0 Å². The Balaban J connectivity index is 2.42. The lowest BCUT2D eigenvalue weighted by Crippen LogP contribution is -2.04. The number of alkyl halides is 3. The van der Waals surface area contributed by atoms with Crippen molar-refractivity contribution >= 4 is 6.29 Å². The van der Waals surface area contributed by atoms with Crippen LogP contribution < -0.4 is 4.74 Å². The van der Waals surface area contributed by atoms with Crippen LogP contribution >= 0.6 is 0 Å². The van der Waals surface area contributed by atoms with Crippen LogP contribution in [-0.4, -0.2) is 23.6 Å². The highest BCUT2D eigenvalue weighted by Crippen LogP contribution is 2.31. The largest absolute Gasteiger partial charge is 0.496 e. The number of halogens is 3. The van der Waals surface area contributed by atoms with Gasteiger partial charge in [-0.15, -0.1) is 10.2 Å².